The number of benzene rings is 1. The smallest absolute Gasteiger partial charge is 0.333 e. The second-order valence-electron chi connectivity index (χ2n) is 9.74. The van der Waals surface area contributed by atoms with Gasteiger partial charge in [0, 0.05) is 12.2 Å². The summed E-state index contributed by atoms with van der Waals surface area (Å²) in [7, 11) is 0. The van der Waals surface area contributed by atoms with Crippen LogP contribution in [0.2, 0.25) is 0 Å². The molecule has 2 fully saturated rings. The molecular formula is C27H40O4. The molecule has 0 heterocycles. The van der Waals surface area contributed by atoms with Crippen LogP contribution in [0.15, 0.2) is 30.4 Å². The topological polar surface area (TPSA) is 55.8 Å². The van der Waals surface area contributed by atoms with Gasteiger partial charge in [-0.15, -0.1) is 0 Å². The molecular weight excluding hydrogens is 388 g/mol. The number of carbonyl (C=O) groups is 1. The fourth-order valence-corrected chi connectivity index (χ4v) is 5.38. The highest BCUT2D eigenvalue weighted by atomic mass is 16.6. The van der Waals surface area contributed by atoms with Crippen molar-refractivity contribution in [3.63, 3.8) is 0 Å². The molecule has 0 aliphatic heterocycles. The number of aliphatic hydroxyl groups excluding tert-OH is 1. The molecule has 0 bridgehead atoms. The molecule has 1 aromatic carbocycles. The summed E-state index contributed by atoms with van der Waals surface area (Å²) in [5.74, 6) is 3.79. The molecule has 2 aliphatic rings. The summed E-state index contributed by atoms with van der Waals surface area (Å²) in [6.45, 7) is 8.21. The van der Waals surface area contributed by atoms with E-state index >= 15 is 0 Å². The Labute approximate surface area is 188 Å². The quantitative estimate of drug-likeness (QED) is 0.306. The third kappa shape index (κ3) is 6.83. The van der Waals surface area contributed by atoms with Gasteiger partial charge in [0.1, 0.15) is 19.0 Å². The van der Waals surface area contributed by atoms with Gasteiger partial charge in [-0.05, 0) is 92.7 Å². The number of ether oxygens (including phenoxy) is 2. The number of hydrogen-bond acceptors (Lipinski definition) is 4. The number of rotatable bonds is 9. The molecule has 3 rings (SSSR count). The zero-order chi connectivity index (χ0) is 22.2. The second kappa shape index (κ2) is 11.7. The minimum atomic E-state index is -0.392. The number of esters is 1. The number of carbonyl (C=O) groups excluding carboxylic acids is 1. The van der Waals surface area contributed by atoms with Crippen LogP contribution >= 0.6 is 0 Å². The Bertz CT molecular complexity index is 725. The molecule has 1 N–H and O–H groups in total. The maximum absolute atomic E-state index is 11.5. The number of aliphatic hydroxyl groups is 1. The van der Waals surface area contributed by atoms with Crippen molar-refractivity contribution in [2.75, 3.05) is 19.8 Å². The minimum Gasteiger partial charge on any atom is -0.490 e. The maximum atomic E-state index is 11.5. The van der Waals surface area contributed by atoms with Crippen molar-refractivity contribution < 1.29 is 19.4 Å². The minimum absolute atomic E-state index is 0.0888. The van der Waals surface area contributed by atoms with E-state index in [0.29, 0.717) is 24.5 Å². The first kappa shape index (κ1) is 23.8. The van der Waals surface area contributed by atoms with Gasteiger partial charge in [-0.1, -0.05) is 38.5 Å². The van der Waals surface area contributed by atoms with Gasteiger partial charge in [0.05, 0.1) is 0 Å². The SMILES string of the molecule is C=C(C)C(=O)OCCOc1cc(C2CCC(C3CCC(C)CC3)CC2)ccc1CCO. The molecule has 4 nitrogen and oxygen atoms in total. The molecule has 2 aliphatic carbocycles. The zero-order valence-electron chi connectivity index (χ0n) is 19.4. The summed E-state index contributed by atoms with van der Waals surface area (Å²) in [4.78, 5) is 11.5. The van der Waals surface area contributed by atoms with Gasteiger partial charge in [-0.3, -0.25) is 0 Å². The normalized spacial score (nSPS) is 26.3. The lowest BCUT2D eigenvalue weighted by Crippen LogP contribution is -2.24. The summed E-state index contributed by atoms with van der Waals surface area (Å²) < 4.78 is 11.1. The van der Waals surface area contributed by atoms with Crippen LogP contribution in [0.3, 0.4) is 0 Å². The van der Waals surface area contributed by atoms with Gasteiger partial charge in [0.25, 0.3) is 0 Å². The molecule has 172 valence electrons. The van der Waals surface area contributed by atoms with Gasteiger partial charge >= 0.3 is 5.97 Å². The van der Waals surface area contributed by atoms with E-state index in [9.17, 15) is 9.90 Å². The van der Waals surface area contributed by atoms with Gasteiger partial charge in [-0.2, -0.15) is 0 Å². The first-order valence-electron chi connectivity index (χ1n) is 12.2. The fraction of sp³-hybridized carbons (Fsp3) is 0.667. The van der Waals surface area contributed by atoms with Crippen LogP contribution in [0, 0.1) is 17.8 Å². The Morgan fingerprint density at radius 2 is 1.68 bits per heavy atom. The lowest BCUT2D eigenvalue weighted by atomic mass is 9.68. The Morgan fingerprint density at radius 3 is 2.29 bits per heavy atom. The largest absolute Gasteiger partial charge is 0.490 e. The molecule has 31 heavy (non-hydrogen) atoms. The molecule has 0 saturated heterocycles. The second-order valence-corrected chi connectivity index (χ2v) is 9.74. The van der Waals surface area contributed by atoms with Crippen LogP contribution < -0.4 is 4.74 Å². The first-order valence-corrected chi connectivity index (χ1v) is 12.2. The van der Waals surface area contributed by atoms with E-state index in [0.717, 1.165) is 29.1 Å². The van der Waals surface area contributed by atoms with Crippen LogP contribution in [-0.2, 0) is 16.0 Å². The zero-order valence-corrected chi connectivity index (χ0v) is 19.4. The van der Waals surface area contributed by atoms with E-state index in [-0.39, 0.29) is 13.2 Å². The van der Waals surface area contributed by atoms with Crippen molar-refractivity contribution in [1.82, 2.24) is 0 Å². The lowest BCUT2D eigenvalue weighted by Gasteiger charge is -2.37. The summed E-state index contributed by atoms with van der Waals surface area (Å²) in [5.41, 5.74) is 2.73. The summed E-state index contributed by atoms with van der Waals surface area (Å²) >= 11 is 0. The van der Waals surface area contributed by atoms with Crippen LogP contribution in [0.4, 0.5) is 0 Å². The van der Waals surface area contributed by atoms with Gasteiger partial charge < -0.3 is 14.6 Å². The average molecular weight is 429 g/mol. The molecule has 0 amide bonds. The summed E-state index contributed by atoms with van der Waals surface area (Å²) in [5, 5.41) is 9.40. The first-order chi connectivity index (χ1) is 15.0. The number of hydrogen-bond donors (Lipinski definition) is 1. The highest BCUT2D eigenvalue weighted by Crippen LogP contribution is 2.44. The molecule has 4 heteroatoms. The standard InChI is InChI=1S/C27H40O4/c1-19(2)27(29)31-17-16-30-26-18-25(13-12-24(26)14-15-28)23-10-8-22(9-11-23)21-6-4-20(3)5-7-21/h12-13,18,20-23,28H,1,4-11,14-17H2,2-3H3. The van der Waals surface area contributed by atoms with Crippen molar-refractivity contribution in [1.29, 1.82) is 0 Å². The maximum Gasteiger partial charge on any atom is 0.333 e. The molecule has 0 unspecified atom stereocenters. The lowest BCUT2D eigenvalue weighted by molar-refractivity contribution is -0.139. The van der Waals surface area contributed by atoms with E-state index < -0.39 is 5.97 Å². The van der Waals surface area contributed by atoms with Gasteiger partial charge in [0.2, 0.25) is 0 Å². The molecule has 0 aromatic heterocycles. The van der Waals surface area contributed by atoms with Crippen molar-refractivity contribution in [3.8, 4) is 5.75 Å². The average Bonchev–Trinajstić information content (AvgIpc) is 2.78. The van der Waals surface area contributed by atoms with E-state index in [1.165, 1.54) is 56.9 Å². The van der Waals surface area contributed by atoms with Crippen molar-refractivity contribution >= 4 is 5.97 Å². The van der Waals surface area contributed by atoms with E-state index in [1.807, 2.05) is 0 Å². The Hall–Kier alpha value is -1.81. The van der Waals surface area contributed by atoms with Crippen LogP contribution in [0.25, 0.3) is 0 Å². The third-order valence-corrected chi connectivity index (χ3v) is 7.37. The molecule has 2 saturated carbocycles. The Morgan fingerprint density at radius 1 is 1.03 bits per heavy atom. The van der Waals surface area contributed by atoms with Crippen LogP contribution in [-0.4, -0.2) is 30.9 Å². The predicted octanol–water partition coefficient (Wildman–Crippen LogP) is 5.82. The van der Waals surface area contributed by atoms with E-state index in [2.05, 4.69) is 31.7 Å². The van der Waals surface area contributed by atoms with Crippen LogP contribution in [0.5, 0.6) is 5.75 Å². The summed E-state index contributed by atoms with van der Waals surface area (Å²) in [6, 6.07) is 6.46. The molecule has 0 radical (unpaired) electrons. The van der Waals surface area contributed by atoms with E-state index in [4.69, 9.17) is 9.47 Å². The van der Waals surface area contributed by atoms with Crippen molar-refractivity contribution in [2.24, 2.45) is 17.8 Å². The summed E-state index contributed by atoms with van der Waals surface area (Å²) in [6.07, 6.45) is 11.5. The third-order valence-electron chi connectivity index (χ3n) is 7.37. The highest BCUT2D eigenvalue weighted by molar-refractivity contribution is 5.86. The molecule has 1 aromatic rings. The Balaban J connectivity index is 1.55. The Kier molecular flexibility index (Phi) is 9.01. The van der Waals surface area contributed by atoms with Gasteiger partial charge in [0.15, 0.2) is 0 Å². The van der Waals surface area contributed by atoms with Gasteiger partial charge in [-0.25, -0.2) is 4.79 Å². The van der Waals surface area contributed by atoms with Crippen LogP contribution in [0.1, 0.15) is 82.3 Å². The van der Waals surface area contributed by atoms with Crippen molar-refractivity contribution in [3.05, 3.63) is 41.5 Å². The molecule has 0 spiro atoms. The fourth-order valence-electron chi connectivity index (χ4n) is 5.38. The highest BCUT2D eigenvalue weighted by Gasteiger charge is 2.30. The van der Waals surface area contributed by atoms with Crippen molar-refractivity contribution in [2.45, 2.75) is 77.6 Å². The molecule has 0 atom stereocenters. The monoisotopic (exact) mass is 428 g/mol. The predicted molar refractivity (Wildman–Crippen MR) is 124 cm³/mol. The van der Waals surface area contributed by atoms with E-state index in [1.54, 1.807) is 6.92 Å².